The fourth-order valence-corrected chi connectivity index (χ4v) is 4.93. The van der Waals surface area contributed by atoms with E-state index in [4.69, 9.17) is 14.2 Å². The van der Waals surface area contributed by atoms with Gasteiger partial charge in [0.15, 0.2) is 5.82 Å². The second kappa shape index (κ2) is 14.4. The molecule has 1 unspecified atom stereocenters. The van der Waals surface area contributed by atoms with Gasteiger partial charge in [0.1, 0.15) is 11.6 Å². The predicted octanol–water partition coefficient (Wildman–Crippen LogP) is 5.89. The van der Waals surface area contributed by atoms with Crippen LogP contribution in [0.4, 0.5) is 0 Å². The number of benzene rings is 3. The van der Waals surface area contributed by atoms with Crippen LogP contribution in [0.15, 0.2) is 86.9 Å². The summed E-state index contributed by atoms with van der Waals surface area (Å²) in [5.74, 6) is 1.22. The van der Waals surface area contributed by atoms with Crippen LogP contribution in [-0.2, 0) is 12.8 Å². The van der Waals surface area contributed by atoms with Crippen molar-refractivity contribution in [3.8, 4) is 34.0 Å². The first-order valence-corrected chi connectivity index (χ1v) is 14.0. The van der Waals surface area contributed by atoms with E-state index in [0.29, 0.717) is 23.6 Å². The number of nitrogens with one attached hydrogen (secondary N) is 1. The fraction of sp³-hybridized carbons (Fsp3) is 0.273. The third-order valence-corrected chi connectivity index (χ3v) is 7.19. The van der Waals surface area contributed by atoms with E-state index < -0.39 is 5.76 Å². The average molecular weight is 590 g/mol. The van der Waals surface area contributed by atoms with Gasteiger partial charge >= 0.3 is 5.76 Å². The van der Waals surface area contributed by atoms with Gasteiger partial charge in [0.2, 0.25) is 0 Å². The number of hydrogen-bond donors (Lipinski definition) is 1. The molecule has 8 nitrogen and oxygen atoms in total. The monoisotopic (exact) mass is 589 g/mol. The average Bonchev–Trinajstić information content (AvgIpc) is 3.42. The molecule has 0 saturated heterocycles. The van der Waals surface area contributed by atoms with Gasteiger partial charge in [-0.05, 0) is 67.6 Å². The summed E-state index contributed by atoms with van der Waals surface area (Å²) in [7, 11) is 0. The molecular formula is C33H34KN4O4. The molecule has 1 radical (unpaired) electrons. The van der Waals surface area contributed by atoms with E-state index in [2.05, 4.69) is 24.0 Å². The zero-order valence-electron chi connectivity index (χ0n) is 24.8. The van der Waals surface area contributed by atoms with Gasteiger partial charge in [-0.2, -0.15) is 0 Å². The largest absolute Gasteiger partial charge is 0.491 e. The molecule has 3 aromatic carbocycles. The van der Waals surface area contributed by atoms with Crippen molar-refractivity contribution in [3.63, 3.8) is 0 Å². The summed E-state index contributed by atoms with van der Waals surface area (Å²) in [6.45, 7) is 8.09. The maximum Gasteiger partial charge on any atom is 0.439 e. The van der Waals surface area contributed by atoms with Crippen LogP contribution in [0.1, 0.15) is 56.3 Å². The molecule has 211 valence electrons. The minimum atomic E-state index is -0.597. The molecule has 0 saturated carbocycles. The van der Waals surface area contributed by atoms with Gasteiger partial charge in [-0.1, -0.05) is 74.0 Å². The van der Waals surface area contributed by atoms with Crippen LogP contribution < -0.4 is 16.1 Å². The maximum absolute atomic E-state index is 13.9. The summed E-state index contributed by atoms with van der Waals surface area (Å²) in [4.78, 5) is 32.9. The van der Waals surface area contributed by atoms with Gasteiger partial charge in [0.05, 0.1) is 17.5 Å². The summed E-state index contributed by atoms with van der Waals surface area (Å²) in [6.07, 6.45) is 3.13. The van der Waals surface area contributed by atoms with Crippen LogP contribution in [0.2, 0.25) is 0 Å². The van der Waals surface area contributed by atoms with Crippen molar-refractivity contribution in [2.24, 2.45) is 0 Å². The number of ether oxygens (including phenoxy) is 1. The van der Waals surface area contributed by atoms with Crippen LogP contribution in [0.3, 0.4) is 0 Å². The van der Waals surface area contributed by atoms with Gasteiger partial charge in [0, 0.05) is 68.9 Å². The van der Waals surface area contributed by atoms with E-state index in [0.717, 1.165) is 58.6 Å². The predicted molar refractivity (Wildman–Crippen MR) is 166 cm³/mol. The normalized spacial score (nSPS) is 11.6. The molecule has 2 aromatic heterocycles. The molecule has 2 heterocycles. The van der Waals surface area contributed by atoms with E-state index in [1.165, 1.54) is 0 Å². The van der Waals surface area contributed by atoms with Gasteiger partial charge in [-0.15, -0.1) is 0 Å². The first-order valence-electron chi connectivity index (χ1n) is 14.0. The van der Waals surface area contributed by atoms with Gasteiger partial charge < -0.3 is 4.74 Å². The summed E-state index contributed by atoms with van der Waals surface area (Å²) in [5, 5.41) is 3.85. The van der Waals surface area contributed by atoms with Crippen LogP contribution in [0, 0.1) is 6.92 Å². The van der Waals surface area contributed by atoms with Gasteiger partial charge in [-0.3, -0.25) is 18.9 Å². The number of aromatic amines is 1. The summed E-state index contributed by atoms with van der Waals surface area (Å²) < 4.78 is 12.3. The Hall–Kier alpha value is -3.08. The standard InChI is InChI=1S/C33H34N4O4.K/c1-5-9-30-29(32(38)37(22(4)34-30)25-16-18-26(19-17-25)40-21(3)6-2)20-23-12-14-24(15-13-23)27-10-7-8-11-28(27)31-35-33(39)41-36-31;/h7-8,10-19,21H,5-6,9,20H2,1-4H3,(H,35,36,39);. The molecule has 42 heavy (non-hydrogen) atoms. The van der Waals surface area contributed by atoms with Gasteiger partial charge in [0.25, 0.3) is 5.56 Å². The fourth-order valence-electron chi connectivity index (χ4n) is 4.93. The molecule has 0 fully saturated rings. The van der Waals surface area contributed by atoms with Crippen molar-refractivity contribution in [3.05, 3.63) is 116 Å². The second-order valence-electron chi connectivity index (χ2n) is 10.2. The number of hydrogen-bond acceptors (Lipinski definition) is 6. The van der Waals surface area contributed by atoms with Crippen molar-refractivity contribution < 1.29 is 9.26 Å². The molecule has 1 N–H and O–H groups in total. The van der Waals surface area contributed by atoms with E-state index in [9.17, 15) is 9.59 Å². The van der Waals surface area contributed by atoms with Crippen LogP contribution in [-0.4, -0.2) is 77.2 Å². The zero-order chi connectivity index (χ0) is 28.9. The first-order chi connectivity index (χ1) is 19.9. The quantitative estimate of drug-likeness (QED) is 0.204. The summed E-state index contributed by atoms with van der Waals surface area (Å²) in [5.41, 5.74) is 5.89. The molecule has 0 aliphatic carbocycles. The number of rotatable bonds is 10. The topological polar surface area (TPSA) is 103 Å². The Morgan fingerprint density at radius 2 is 1.64 bits per heavy atom. The Morgan fingerprint density at radius 3 is 2.26 bits per heavy atom. The van der Waals surface area contributed by atoms with Crippen molar-refractivity contribution in [1.29, 1.82) is 0 Å². The van der Waals surface area contributed by atoms with E-state index in [1.807, 2.05) is 86.6 Å². The zero-order valence-corrected chi connectivity index (χ0v) is 27.9. The van der Waals surface area contributed by atoms with Crippen LogP contribution >= 0.6 is 0 Å². The smallest absolute Gasteiger partial charge is 0.439 e. The van der Waals surface area contributed by atoms with Crippen molar-refractivity contribution in [1.82, 2.24) is 19.7 Å². The summed E-state index contributed by atoms with van der Waals surface area (Å²) >= 11 is 0. The number of nitrogens with zero attached hydrogens (tertiary/aromatic N) is 3. The van der Waals surface area contributed by atoms with Crippen LogP contribution in [0.25, 0.3) is 28.2 Å². The molecule has 9 heteroatoms. The third-order valence-electron chi connectivity index (χ3n) is 7.19. The van der Waals surface area contributed by atoms with Crippen molar-refractivity contribution in [2.75, 3.05) is 0 Å². The molecule has 0 amide bonds. The second-order valence-corrected chi connectivity index (χ2v) is 10.2. The van der Waals surface area contributed by atoms with Gasteiger partial charge in [-0.25, -0.2) is 9.78 Å². The number of aromatic nitrogens is 4. The summed E-state index contributed by atoms with van der Waals surface area (Å²) in [6, 6.07) is 23.4. The Balaban J connectivity index is 0.00000405. The first kappa shape index (κ1) is 31.8. The number of aryl methyl sites for hydroxylation is 2. The maximum atomic E-state index is 13.9. The van der Waals surface area contributed by atoms with E-state index >= 15 is 0 Å². The minimum Gasteiger partial charge on any atom is -0.491 e. The van der Waals surface area contributed by atoms with Crippen molar-refractivity contribution >= 4 is 51.4 Å². The Bertz CT molecular complexity index is 1760. The molecule has 0 aliphatic rings. The molecule has 5 rings (SSSR count). The minimum absolute atomic E-state index is 0. The molecule has 0 spiro atoms. The Kier molecular flexibility index (Phi) is 10.9. The molecule has 0 bridgehead atoms. The van der Waals surface area contributed by atoms with E-state index in [-0.39, 0.29) is 63.0 Å². The molecular weight excluding hydrogens is 555 g/mol. The Morgan fingerprint density at radius 1 is 0.952 bits per heavy atom. The third kappa shape index (κ3) is 7.10. The van der Waals surface area contributed by atoms with Crippen LogP contribution in [0.5, 0.6) is 5.75 Å². The Labute approximate surface area is 287 Å². The molecule has 5 aromatic rings. The molecule has 1 atom stereocenters. The van der Waals surface area contributed by atoms with Crippen molar-refractivity contribution in [2.45, 2.75) is 59.5 Å². The molecule has 0 aliphatic heterocycles. The number of H-pyrrole nitrogens is 1. The van der Waals surface area contributed by atoms with E-state index in [1.54, 1.807) is 4.57 Å². The SMILES string of the molecule is CCCc1nc(C)n(-c2ccc(OC(C)CC)cc2)c(=O)c1Cc1ccc(-c2ccccc2-c2noc(=O)[nH]2)cc1.[K].